The fraction of sp³-hybridized carbons (Fsp3) is 0.222. The van der Waals surface area contributed by atoms with Gasteiger partial charge in [0.15, 0.2) is 0 Å². The maximum Gasteiger partial charge on any atom is 0.220 e. The number of aromatic nitrogens is 2. The van der Waals surface area contributed by atoms with Gasteiger partial charge in [-0.2, -0.15) is 0 Å². The first-order valence-electron chi connectivity index (χ1n) is 7.46. The molecule has 0 unspecified atom stereocenters. The molecule has 4 nitrogen and oxygen atoms in total. The van der Waals surface area contributed by atoms with Gasteiger partial charge in [-0.25, -0.2) is 0 Å². The maximum atomic E-state index is 12.0. The van der Waals surface area contributed by atoms with Gasteiger partial charge in [-0.05, 0) is 36.6 Å². The molecule has 3 rings (SSSR count). The van der Waals surface area contributed by atoms with Crippen molar-refractivity contribution in [1.29, 1.82) is 0 Å². The van der Waals surface area contributed by atoms with Crippen LogP contribution in [0, 0.1) is 6.92 Å². The van der Waals surface area contributed by atoms with Crippen molar-refractivity contribution in [2.45, 2.75) is 26.3 Å². The van der Waals surface area contributed by atoms with Crippen molar-refractivity contribution >= 4 is 16.8 Å². The number of carbonyl (C=O) groups is 1. The molecule has 2 heterocycles. The van der Waals surface area contributed by atoms with E-state index in [2.05, 4.69) is 34.3 Å². The van der Waals surface area contributed by atoms with Crippen molar-refractivity contribution in [3.05, 3.63) is 65.6 Å². The van der Waals surface area contributed by atoms with Crippen LogP contribution in [0.1, 0.15) is 23.2 Å². The summed E-state index contributed by atoms with van der Waals surface area (Å²) in [6, 6.07) is 12.0. The smallest absolute Gasteiger partial charge is 0.220 e. The third-order valence-corrected chi connectivity index (χ3v) is 3.84. The van der Waals surface area contributed by atoms with E-state index in [0.29, 0.717) is 13.0 Å². The topological polar surface area (TPSA) is 57.8 Å². The Labute approximate surface area is 129 Å². The molecule has 0 radical (unpaired) electrons. The van der Waals surface area contributed by atoms with Gasteiger partial charge in [-0.15, -0.1) is 0 Å². The molecule has 3 aromatic rings. The van der Waals surface area contributed by atoms with Crippen molar-refractivity contribution in [3.8, 4) is 0 Å². The van der Waals surface area contributed by atoms with Crippen molar-refractivity contribution in [3.63, 3.8) is 0 Å². The SMILES string of the molecule is Cc1[nH]c2ccccc2c1CCC(=O)NCc1cccnc1. The minimum absolute atomic E-state index is 0.0635. The van der Waals surface area contributed by atoms with E-state index >= 15 is 0 Å². The normalized spacial score (nSPS) is 10.8. The summed E-state index contributed by atoms with van der Waals surface area (Å²) in [6.07, 6.45) is 4.73. The van der Waals surface area contributed by atoms with E-state index in [4.69, 9.17) is 0 Å². The minimum atomic E-state index is 0.0635. The molecule has 112 valence electrons. The molecule has 0 fully saturated rings. The van der Waals surface area contributed by atoms with E-state index in [1.165, 1.54) is 10.9 Å². The second-order valence-electron chi connectivity index (χ2n) is 5.41. The monoisotopic (exact) mass is 293 g/mol. The largest absolute Gasteiger partial charge is 0.358 e. The number of benzene rings is 1. The molecule has 0 bridgehead atoms. The van der Waals surface area contributed by atoms with Crippen LogP contribution >= 0.6 is 0 Å². The van der Waals surface area contributed by atoms with Crippen molar-refractivity contribution in [1.82, 2.24) is 15.3 Å². The molecule has 0 aliphatic rings. The summed E-state index contributed by atoms with van der Waals surface area (Å²) in [5, 5.41) is 4.15. The van der Waals surface area contributed by atoms with Gasteiger partial charge in [0, 0.05) is 42.0 Å². The molecule has 0 aliphatic heterocycles. The number of pyridine rings is 1. The lowest BCUT2D eigenvalue weighted by molar-refractivity contribution is -0.121. The van der Waals surface area contributed by atoms with Crippen LogP contribution < -0.4 is 5.32 Å². The van der Waals surface area contributed by atoms with Crippen molar-refractivity contribution < 1.29 is 4.79 Å². The van der Waals surface area contributed by atoms with Crippen LogP contribution in [-0.2, 0) is 17.8 Å². The Morgan fingerprint density at radius 3 is 2.91 bits per heavy atom. The number of para-hydroxylation sites is 1. The number of aromatic amines is 1. The Kier molecular flexibility index (Phi) is 4.19. The Morgan fingerprint density at radius 1 is 1.23 bits per heavy atom. The second-order valence-corrected chi connectivity index (χ2v) is 5.41. The molecule has 0 saturated heterocycles. The molecule has 1 amide bonds. The summed E-state index contributed by atoms with van der Waals surface area (Å²) < 4.78 is 0. The van der Waals surface area contributed by atoms with Crippen LogP contribution in [0.15, 0.2) is 48.8 Å². The van der Waals surface area contributed by atoms with E-state index in [9.17, 15) is 4.79 Å². The quantitative estimate of drug-likeness (QED) is 0.759. The summed E-state index contributed by atoms with van der Waals surface area (Å²) >= 11 is 0. The molecular weight excluding hydrogens is 274 g/mol. The molecule has 0 atom stereocenters. The average molecular weight is 293 g/mol. The highest BCUT2D eigenvalue weighted by atomic mass is 16.1. The number of rotatable bonds is 5. The number of H-pyrrole nitrogens is 1. The zero-order chi connectivity index (χ0) is 15.4. The van der Waals surface area contributed by atoms with E-state index in [-0.39, 0.29) is 5.91 Å². The summed E-state index contributed by atoms with van der Waals surface area (Å²) in [4.78, 5) is 19.4. The number of amides is 1. The molecule has 2 N–H and O–H groups in total. The minimum Gasteiger partial charge on any atom is -0.358 e. The van der Waals surface area contributed by atoms with E-state index < -0.39 is 0 Å². The van der Waals surface area contributed by atoms with Crippen molar-refractivity contribution in [2.24, 2.45) is 0 Å². The Hall–Kier alpha value is -2.62. The maximum absolute atomic E-state index is 12.0. The predicted octanol–water partition coefficient (Wildman–Crippen LogP) is 3.12. The molecule has 4 heteroatoms. The number of hydrogen-bond acceptors (Lipinski definition) is 2. The third-order valence-electron chi connectivity index (χ3n) is 3.84. The van der Waals surface area contributed by atoms with Gasteiger partial charge in [-0.3, -0.25) is 9.78 Å². The summed E-state index contributed by atoms with van der Waals surface area (Å²) in [7, 11) is 0. The van der Waals surface area contributed by atoms with E-state index in [1.54, 1.807) is 12.4 Å². The predicted molar refractivity (Wildman–Crippen MR) is 87.4 cm³/mol. The highest BCUT2D eigenvalue weighted by Crippen LogP contribution is 2.22. The number of aryl methyl sites for hydroxylation is 2. The van der Waals surface area contributed by atoms with Crippen LogP contribution in [0.2, 0.25) is 0 Å². The van der Waals surface area contributed by atoms with Crippen LogP contribution in [0.3, 0.4) is 0 Å². The summed E-state index contributed by atoms with van der Waals surface area (Å²) in [5.41, 5.74) is 4.51. The molecular formula is C18H19N3O. The summed E-state index contributed by atoms with van der Waals surface area (Å²) in [6.45, 7) is 2.59. The zero-order valence-corrected chi connectivity index (χ0v) is 12.6. The first kappa shape index (κ1) is 14.3. The van der Waals surface area contributed by atoms with Gasteiger partial charge in [0.2, 0.25) is 5.91 Å². The Morgan fingerprint density at radius 2 is 2.09 bits per heavy atom. The average Bonchev–Trinajstić information content (AvgIpc) is 2.87. The second kappa shape index (κ2) is 6.43. The fourth-order valence-corrected chi connectivity index (χ4v) is 2.69. The summed E-state index contributed by atoms with van der Waals surface area (Å²) in [5.74, 6) is 0.0635. The number of hydrogen-bond donors (Lipinski definition) is 2. The lowest BCUT2D eigenvalue weighted by Crippen LogP contribution is -2.23. The van der Waals surface area contributed by atoms with Gasteiger partial charge in [0.25, 0.3) is 0 Å². The van der Waals surface area contributed by atoms with Crippen LogP contribution in [-0.4, -0.2) is 15.9 Å². The van der Waals surface area contributed by atoms with Crippen LogP contribution in [0.25, 0.3) is 10.9 Å². The van der Waals surface area contributed by atoms with Gasteiger partial charge in [-0.1, -0.05) is 24.3 Å². The van der Waals surface area contributed by atoms with Crippen LogP contribution in [0.4, 0.5) is 0 Å². The highest BCUT2D eigenvalue weighted by molar-refractivity contribution is 5.85. The molecule has 22 heavy (non-hydrogen) atoms. The lowest BCUT2D eigenvalue weighted by atomic mass is 10.1. The van der Waals surface area contributed by atoms with Crippen LogP contribution in [0.5, 0.6) is 0 Å². The van der Waals surface area contributed by atoms with E-state index in [1.807, 2.05) is 24.3 Å². The molecule has 0 spiro atoms. The number of carbonyl (C=O) groups excluding carboxylic acids is 1. The third kappa shape index (κ3) is 3.17. The number of fused-ring (bicyclic) bond motifs is 1. The number of nitrogens with one attached hydrogen (secondary N) is 2. The molecule has 2 aromatic heterocycles. The molecule has 0 aliphatic carbocycles. The van der Waals surface area contributed by atoms with Crippen molar-refractivity contribution in [2.75, 3.05) is 0 Å². The standard InChI is InChI=1S/C18H19N3O/c1-13-15(16-6-2-3-7-17(16)21-13)8-9-18(22)20-12-14-5-4-10-19-11-14/h2-7,10-11,21H,8-9,12H2,1H3,(H,20,22). The Bertz CT molecular complexity index is 777. The number of nitrogens with zero attached hydrogens (tertiary/aromatic N) is 1. The zero-order valence-electron chi connectivity index (χ0n) is 12.6. The van der Waals surface area contributed by atoms with Gasteiger partial charge in [0.1, 0.15) is 0 Å². The Balaban J connectivity index is 1.59. The van der Waals surface area contributed by atoms with Gasteiger partial charge < -0.3 is 10.3 Å². The van der Waals surface area contributed by atoms with Gasteiger partial charge >= 0.3 is 0 Å². The molecule has 1 aromatic carbocycles. The lowest BCUT2D eigenvalue weighted by Gasteiger charge is -2.05. The first-order chi connectivity index (χ1) is 10.7. The first-order valence-corrected chi connectivity index (χ1v) is 7.46. The highest BCUT2D eigenvalue weighted by Gasteiger charge is 2.10. The molecule has 0 saturated carbocycles. The fourth-order valence-electron chi connectivity index (χ4n) is 2.69. The van der Waals surface area contributed by atoms with E-state index in [0.717, 1.165) is 23.2 Å². The van der Waals surface area contributed by atoms with Gasteiger partial charge in [0.05, 0.1) is 0 Å².